The van der Waals surface area contributed by atoms with E-state index in [1.807, 2.05) is 24.3 Å². The van der Waals surface area contributed by atoms with Crippen LogP contribution in [0, 0.1) is 0 Å². The second-order valence-corrected chi connectivity index (χ2v) is 4.15. The standard InChI is InChI=1S/C12H17BrO3/c1-15-7-6-10-2-4-12(5-3-10)16-9-11(14)8-13/h2-5,11,14H,6-9H2,1H3. The molecule has 3 nitrogen and oxygen atoms in total. The van der Waals surface area contributed by atoms with Gasteiger partial charge in [-0.1, -0.05) is 28.1 Å². The molecule has 16 heavy (non-hydrogen) atoms. The maximum absolute atomic E-state index is 9.30. The molecule has 1 aromatic carbocycles. The Balaban J connectivity index is 2.38. The van der Waals surface area contributed by atoms with Crippen molar-refractivity contribution in [1.29, 1.82) is 0 Å². The van der Waals surface area contributed by atoms with Crippen LogP contribution in [0.5, 0.6) is 5.75 Å². The van der Waals surface area contributed by atoms with Crippen molar-refractivity contribution in [2.45, 2.75) is 12.5 Å². The van der Waals surface area contributed by atoms with Crippen molar-refractivity contribution < 1.29 is 14.6 Å². The van der Waals surface area contributed by atoms with Gasteiger partial charge in [-0.3, -0.25) is 0 Å². The first kappa shape index (κ1) is 13.5. The quantitative estimate of drug-likeness (QED) is 0.780. The summed E-state index contributed by atoms with van der Waals surface area (Å²) < 4.78 is 10.4. The lowest BCUT2D eigenvalue weighted by Crippen LogP contribution is -2.18. The van der Waals surface area contributed by atoms with Crippen LogP contribution in [0.2, 0.25) is 0 Å². The van der Waals surface area contributed by atoms with Crippen molar-refractivity contribution >= 4 is 15.9 Å². The van der Waals surface area contributed by atoms with Crippen LogP contribution in [-0.4, -0.2) is 36.9 Å². The van der Waals surface area contributed by atoms with Crippen molar-refractivity contribution in [3.8, 4) is 5.75 Å². The van der Waals surface area contributed by atoms with Gasteiger partial charge in [0.15, 0.2) is 0 Å². The van der Waals surface area contributed by atoms with E-state index in [2.05, 4.69) is 15.9 Å². The number of ether oxygens (including phenoxy) is 2. The number of hydrogen-bond acceptors (Lipinski definition) is 3. The van der Waals surface area contributed by atoms with E-state index in [1.54, 1.807) is 7.11 Å². The Morgan fingerprint density at radius 3 is 2.56 bits per heavy atom. The first-order valence-electron chi connectivity index (χ1n) is 5.21. The lowest BCUT2D eigenvalue weighted by molar-refractivity contribution is 0.127. The molecular formula is C12H17BrO3. The molecule has 0 aliphatic heterocycles. The molecule has 0 aliphatic carbocycles. The summed E-state index contributed by atoms with van der Waals surface area (Å²) in [6, 6.07) is 7.83. The lowest BCUT2D eigenvalue weighted by atomic mass is 10.1. The Morgan fingerprint density at radius 1 is 1.31 bits per heavy atom. The summed E-state index contributed by atoms with van der Waals surface area (Å²) in [5, 5.41) is 9.83. The molecule has 0 radical (unpaired) electrons. The minimum absolute atomic E-state index is 0.308. The highest BCUT2D eigenvalue weighted by atomic mass is 79.9. The Bertz CT molecular complexity index is 287. The number of halogens is 1. The number of aliphatic hydroxyl groups excluding tert-OH is 1. The molecular weight excluding hydrogens is 272 g/mol. The maximum Gasteiger partial charge on any atom is 0.119 e. The van der Waals surface area contributed by atoms with Crippen LogP contribution in [-0.2, 0) is 11.2 Å². The largest absolute Gasteiger partial charge is 0.491 e. The Kier molecular flexibility index (Phi) is 6.45. The van der Waals surface area contributed by atoms with Gasteiger partial charge in [-0.25, -0.2) is 0 Å². The third kappa shape index (κ3) is 4.96. The summed E-state index contributed by atoms with van der Waals surface area (Å²) in [5.41, 5.74) is 1.22. The van der Waals surface area contributed by atoms with E-state index in [1.165, 1.54) is 5.56 Å². The summed E-state index contributed by atoms with van der Waals surface area (Å²) in [5.74, 6) is 0.779. The van der Waals surface area contributed by atoms with Gasteiger partial charge >= 0.3 is 0 Å². The average molecular weight is 289 g/mol. The van der Waals surface area contributed by atoms with E-state index in [-0.39, 0.29) is 0 Å². The average Bonchev–Trinajstić information content (AvgIpc) is 2.34. The van der Waals surface area contributed by atoms with Gasteiger partial charge in [0.25, 0.3) is 0 Å². The van der Waals surface area contributed by atoms with E-state index >= 15 is 0 Å². The minimum atomic E-state index is -0.465. The zero-order valence-corrected chi connectivity index (χ0v) is 10.9. The molecule has 1 N–H and O–H groups in total. The predicted molar refractivity (Wildman–Crippen MR) is 67.3 cm³/mol. The monoisotopic (exact) mass is 288 g/mol. The summed E-state index contributed by atoms with van der Waals surface area (Å²) in [6.07, 6.45) is 0.439. The Hall–Kier alpha value is -0.580. The van der Waals surface area contributed by atoms with Crippen LogP contribution in [0.4, 0.5) is 0 Å². The van der Waals surface area contributed by atoms with Gasteiger partial charge in [0.1, 0.15) is 12.4 Å². The van der Waals surface area contributed by atoms with E-state index in [9.17, 15) is 5.11 Å². The van der Waals surface area contributed by atoms with Crippen LogP contribution < -0.4 is 4.74 Å². The summed E-state index contributed by atoms with van der Waals surface area (Å²) in [6.45, 7) is 1.03. The molecule has 0 heterocycles. The normalized spacial score (nSPS) is 12.4. The molecule has 0 amide bonds. The zero-order valence-electron chi connectivity index (χ0n) is 9.36. The molecule has 0 spiro atoms. The molecule has 0 aliphatic rings. The smallest absolute Gasteiger partial charge is 0.119 e. The fourth-order valence-electron chi connectivity index (χ4n) is 1.21. The summed E-state index contributed by atoms with van der Waals surface area (Å²) in [7, 11) is 1.69. The molecule has 0 bridgehead atoms. The van der Waals surface area contributed by atoms with Crippen molar-refractivity contribution in [1.82, 2.24) is 0 Å². The molecule has 4 heteroatoms. The molecule has 1 rings (SSSR count). The van der Waals surface area contributed by atoms with Crippen LogP contribution in [0.3, 0.4) is 0 Å². The van der Waals surface area contributed by atoms with Crippen molar-refractivity contribution in [2.24, 2.45) is 0 Å². The topological polar surface area (TPSA) is 38.7 Å². The third-order valence-electron chi connectivity index (χ3n) is 2.14. The molecule has 1 atom stereocenters. The van der Waals surface area contributed by atoms with E-state index in [4.69, 9.17) is 9.47 Å². The maximum atomic E-state index is 9.30. The van der Waals surface area contributed by atoms with Gasteiger partial charge in [0.2, 0.25) is 0 Å². The van der Waals surface area contributed by atoms with Gasteiger partial charge < -0.3 is 14.6 Å². The van der Waals surface area contributed by atoms with E-state index < -0.39 is 6.10 Å². The highest BCUT2D eigenvalue weighted by Crippen LogP contribution is 2.13. The van der Waals surface area contributed by atoms with Gasteiger partial charge in [0.05, 0.1) is 12.7 Å². The third-order valence-corrected chi connectivity index (χ3v) is 2.89. The van der Waals surface area contributed by atoms with Gasteiger partial charge in [0, 0.05) is 12.4 Å². The lowest BCUT2D eigenvalue weighted by Gasteiger charge is -2.10. The first-order valence-corrected chi connectivity index (χ1v) is 6.33. The Labute approximate surface area is 105 Å². The van der Waals surface area contributed by atoms with Crippen LogP contribution in [0.15, 0.2) is 24.3 Å². The van der Waals surface area contributed by atoms with Crippen molar-refractivity contribution in [3.05, 3.63) is 29.8 Å². The Morgan fingerprint density at radius 2 is 2.00 bits per heavy atom. The van der Waals surface area contributed by atoms with E-state index in [0.717, 1.165) is 18.8 Å². The summed E-state index contributed by atoms with van der Waals surface area (Å²) in [4.78, 5) is 0. The molecule has 0 aromatic heterocycles. The second-order valence-electron chi connectivity index (χ2n) is 3.51. The van der Waals surface area contributed by atoms with Crippen molar-refractivity contribution in [2.75, 3.05) is 25.7 Å². The molecule has 1 unspecified atom stereocenters. The van der Waals surface area contributed by atoms with Gasteiger partial charge in [-0.2, -0.15) is 0 Å². The van der Waals surface area contributed by atoms with Gasteiger partial charge in [-0.15, -0.1) is 0 Å². The first-order chi connectivity index (χ1) is 7.76. The summed E-state index contributed by atoms with van der Waals surface area (Å²) >= 11 is 3.18. The van der Waals surface area contributed by atoms with Crippen molar-refractivity contribution in [3.63, 3.8) is 0 Å². The highest BCUT2D eigenvalue weighted by molar-refractivity contribution is 9.09. The SMILES string of the molecule is COCCc1ccc(OCC(O)CBr)cc1. The van der Waals surface area contributed by atoms with Crippen LogP contribution >= 0.6 is 15.9 Å². The number of aliphatic hydroxyl groups is 1. The number of methoxy groups -OCH3 is 1. The van der Waals surface area contributed by atoms with Gasteiger partial charge in [-0.05, 0) is 24.1 Å². The number of benzene rings is 1. The van der Waals surface area contributed by atoms with Crippen LogP contribution in [0.25, 0.3) is 0 Å². The number of rotatable bonds is 7. The fraction of sp³-hybridized carbons (Fsp3) is 0.500. The minimum Gasteiger partial charge on any atom is -0.491 e. The number of alkyl halides is 1. The highest BCUT2D eigenvalue weighted by Gasteiger charge is 2.02. The molecule has 0 saturated heterocycles. The molecule has 0 saturated carbocycles. The fourth-order valence-corrected chi connectivity index (χ4v) is 1.40. The zero-order chi connectivity index (χ0) is 11.8. The second kappa shape index (κ2) is 7.65. The van der Waals surface area contributed by atoms with Crippen LogP contribution in [0.1, 0.15) is 5.56 Å². The molecule has 1 aromatic rings. The molecule has 90 valence electrons. The predicted octanol–water partition coefficient (Wildman–Crippen LogP) is 2.01. The van der Waals surface area contributed by atoms with E-state index in [0.29, 0.717) is 11.9 Å². The number of hydrogen-bond donors (Lipinski definition) is 1. The molecule has 0 fully saturated rings.